The fourth-order valence-corrected chi connectivity index (χ4v) is 3.32. The molecule has 1 fully saturated rings. The molecule has 1 saturated heterocycles. The Morgan fingerprint density at radius 2 is 2.00 bits per heavy atom. The number of hydrogen-bond donors (Lipinski definition) is 0. The van der Waals surface area contributed by atoms with Crippen LogP contribution >= 0.6 is 0 Å². The van der Waals surface area contributed by atoms with E-state index in [1.807, 2.05) is 10.9 Å². The van der Waals surface area contributed by atoms with Crippen molar-refractivity contribution in [2.45, 2.75) is 46.1 Å². The van der Waals surface area contributed by atoms with Gasteiger partial charge in [0.25, 0.3) is 0 Å². The maximum atomic E-state index is 4.85. The Morgan fingerprint density at radius 3 is 2.74 bits per heavy atom. The van der Waals surface area contributed by atoms with E-state index in [0.29, 0.717) is 5.92 Å². The largest absolute Gasteiger partial charge is 0.306 e. The summed E-state index contributed by atoms with van der Waals surface area (Å²) < 4.78 is 2.04. The third-order valence-corrected chi connectivity index (χ3v) is 4.62. The van der Waals surface area contributed by atoms with E-state index in [-0.39, 0.29) is 0 Å². The quantitative estimate of drug-likeness (QED) is 0.851. The van der Waals surface area contributed by atoms with E-state index in [1.165, 1.54) is 25.9 Å². The van der Waals surface area contributed by atoms with Crippen molar-refractivity contribution in [1.82, 2.24) is 24.6 Å². The molecule has 1 aliphatic rings. The molecule has 5 heteroatoms. The molecule has 3 rings (SSSR count). The first-order valence-electron chi connectivity index (χ1n) is 8.71. The number of likely N-dealkylation sites (tertiary alicyclic amines) is 1. The molecule has 0 radical (unpaired) electrons. The topological polar surface area (TPSA) is 46.8 Å². The molecule has 0 atom stereocenters. The average molecular weight is 313 g/mol. The third kappa shape index (κ3) is 3.96. The SMILES string of the molecule is CCCn1nccc1-c1cc(C)nc(CC2CCN(C)CC2)n1. The summed E-state index contributed by atoms with van der Waals surface area (Å²) in [5.74, 6) is 1.69. The van der Waals surface area contributed by atoms with Crippen LogP contribution in [0.1, 0.15) is 37.7 Å². The van der Waals surface area contributed by atoms with Gasteiger partial charge in [-0.1, -0.05) is 6.92 Å². The molecule has 1 aliphatic heterocycles. The third-order valence-electron chi connectivity index (χ3n) is 4.62. The van der Waals surface area contributed by atoms with Gasteiger partial charge < -0.3 is 4.90 Å². The maximum absolute atomic E-state index is 4.85. The van der Waals surface area contributed by atoms with E-state index in [2.05, 4.69) is 48.0 Å². The molecule has 0 aliphatic carbocycles. The van der Waals surface area contributed by atoms with Crippen molar-refractivity contribution in [3.8, 4) is 11.4 Å². The molecule has 0 N–H and O–H groups in total. The summed E-state index contributed by atoms with van der Waals surface area (Å²) in [5.41, 5.74) is 3.15. The standard InChI is InChI=1S/C18H27N5/c1-4-9-23-17(5-8-19-23)16-12-14(2)20-18(21-16)13-15-6-10-22(3)11-7-15/h5,8,12,15H,4,6-7,9-11,13H2,1-3H3. The Kier molecular flexibility index (Phi) is 5.06. The lowest BCUT2D eigenvalue weighted by molar-refractivity contribution is 0.217. The second kappa shape index (κ2) is 7.21. The molecule has 0 bridgehead atoms. The van der Waals surface area contributed by atoms with Crippen molar-refractivity contribution >= 4 is 0 Å². The van der Waals surface area contributed by atoms with Crippen LogP contribution in [0.4, 0.5) is 0 Å². The Hall–Kier alpha value is -1.75. The van der Waals surface area contributed by atoms with Crippen molar-refractivity contribution in [2.75, 3.05) is 20.1 Å². The van der Waals surface area contributed by atoms with E-state index >= 15 is 0 Å². The van der Waals surface area contributed by atoms with Crippen LogP contribution in [0.15, 0.2) is 18.3 Å². The molecule has 0 aromatic carbocycles. The van der Waals surface area contributed by atoms with Gasteiger partial charge in [0.15, 0.2) is 0 Å². The zero-order chi connectivity index (χ0) is 16.2. The highest BCUT2D eigenvalue weighted by Gasteiger charge is 2.19. The Balaban J connectivity index is 1.80. The van der Waals surface area contributed by atoms with E-state index < -0.39 is 0 Å². The lowest BCUT2D eigenvalue weighted by atomic mass is 9.93. The molecular formula is C18H27N5. The van der Waals surface area contributed by atoms with Crippen LogP contribution in [0.25, 0.3) is 11.4 Å². The number of nitrogens with zero attached hydrogens (tertiary/aromatic N) is 5. The molecule has 0 unspecified atom stereocenters. The lowest BCUT2D eigenvalue weighted by Crippen LogP contribution is -2.31. The van der Waals surface area contributed by atoms with Crippen LogP contribution in [0.3, 0.4) is 0 Å². The second-order valence-corrected chi connectivity index (χ2v) is 6.70. The Bertz CT molecular complexity index is 641. The first-order valence-corrected chi connectivity index (χ1v) is 8.71. The summed E-state index contributed by atoms with van der Waals surface area (Å²) in [6.07, 6.45) is 6.42. The molecule has 0 amide bonds. The van der Waals surface area contributed by atoms with Crippen molar-refractivity contribution in [3.05, 3.63) is 29.8 Å². The monoisotopic (exact) mass is 313 g/mol. The van der Waals surface area contributed by atoms with Crippen LogP contribution < -0.4 is 0 Å². The number of rotatable bonds is 5. The molecule has 3 heterocycles. The molecule has 2 aromatic heterocycles. The Morgan fingerprint density at radius 1 is 1.22 bits per heavy atom. The minimum atomic E-state index is 0.710. The second-order valence-electron chi connectivity index (χ2n) is 6.70. The molecule has 124 valence electrons. The predicted molar refractivity (Wildman–Crippen MR) is 92.2 cm³/mol. The van der Waals surface area contributed by atoms with Gasteiger partial charge in [-0.05, 0) is 64.4 Å². The lowest BCUT2D eigenvalue weighted by Gasteiger charge is -2.28. The Labute approximate surface area is 138 Å². The number of aromatic nitrogens is 4. The van der Waals surface area contributed by atoms with E-state index in [1.54, 1.807) is 0 Å². The van der Waals surface area contributed by atoms with Gasteiger partial charge in [0.1, 0.15) is 5.82 Å². The van der Waals surface area contributed by atoms with Gasteiger partial charge in [-0.2, -0.15) is 5.10 Å². The summed E-state index contributed by atoms with van der Waals surface area (Å²) >= 11 is 0. The molecule has 23 heavy (non-hydrogen) atoms. The van der Waals surface area contributed by atoms with Crippen molar-refractivity contribution in [3.63, 3.8) is 0 Å². The average Bonchev–Trinajstić information content (AvgIpc) is 2.98. The zero-order valence-electron chi connectivity index (χ0n) is 14.5. The van der Waals surface area contributed by atoms with Gasteiger partial charge in [0.05, 0.1) is 11.4 Å². The number of aryl methyl sites for hydroxylation is 2. The van der Waals surface area contributed by atoms with Crippen LogP contribution in [-0.4, -0.2) is 44.8 Å². The smallest absolute Gasteiger partial charge is 0.129 e. The molecule has 0 spiro atoms. The highest BCUT2D eigenvalue weighted by atomic mass is 15.3. The van der Waals surface area contributed by atoms with Gasteiger partial charge in [0.2, 0.25) is 0 Å². The minimum absolute atomic E-state index is 0.710. The number of hydrogen-bond acceptors (Lipinski definition) is 4. The summed E-state index contributed by atoms with van der Waals surface area (Å²) in [6, 6.07) is 4.12. The van der Waals surface area contributed by atoms with Gasteiger partial charge in [0, 0.05) is 24.9 Å². The van der Waals surface area contributed by atoms with Crippen molar-refractivity contribution < 1.29 is 0 Å². The minimum Gasteiger partial charge on any atom is -0.306 e. The van der Waals surface area contributed by atoms with Gasteiger partial charge in [-0.25, -0.2) is 9.97 Å². The molecule has 2 aromatic rings. The molecular weight excluding hydrogens is 286 g/mol. The first kappa shape index (κ1) is 16.1. The fourth-order valence-electron chi connectivity index (χ4n) is 3.32. The molecule has 5 nitrogen and oxygen atoms in total. The van der Waals surface area contributed by atoms with Crippen LogP contribution in [0, 0.1) is 12.8 Å². The van der Waals surface area contributed by atoms with E-state index in [4.69, 9.17) is 4.98 Å². The van der Waals surface area contributed by atoms with Crippen LogP contribution in [-0.2, 0) is 13.0 Å². The van der Waals surface area contributed by atoms with Crippen molar-refractivity contribution in [2.24, 2.45) is 5.92 Å². The number of piperidine rings is 1. The first-order chi connectivity index (χ1) is 11.2. The zero-order valence-corrected chi connectivity index (χ0v) is 14.5. The highest BCUT2D eigenvalue weighted by Crippen LogP contribution is 2.22. The summed E-state index contributed by atoms with van der Waals surface area (Å²) in [6.45, 7) is 7.53. The van der Waals surface area contributed by atoms with Gasteiger partial charge in [-0.3, -0.25) is 4.68 Å². The molecule has 0 saturated carbocycles. The van der Waals surface area contributed by atoms with E-state index in [0.717, 1.165) is 42.3 Å². The fraction of sp³-hybridized carbons (Fsp3) is 0.611. The van der Waals surface area contributed by atoms with Crippen molar-refractivity contribution in [1.29, 1.82) is 0 Å². The summed E-state index contributed by atoms with van der Waals surface area (Å²) in [7, 11) is 2.20. The predicted octanol–water partition coefficient (Wildman–Crippen LogP) is 2.94. The van der Waals surface area contributed by atoms with E-state index in [9.17, 15) is 0 Å². The van der Waals surface area contributed by atoms with Gasteiger partial charge in [-0.15, -0.1) is 0 Å². The highest BCUT2D eigenvalue weighted by molar-refractivity contribution is 5.54. The summed E-state index contributed by atoms with van der Waals surface area (Å²) in [4.78, 5) is 11.9. The summed E-state index contributed by atoms with van der Waals surface area (Å²) in [5, 5.41) is 4.42. The van der Waals surface area contributed by atoms with Crippen LogP contribution in [0.5, 0.6) is 0 Å². The normalized spacial score (nSPS) is 16.8. The maximum Gasteiger partial charge on any atom is 0.129 e. The van der Waals surface area contributed by atoms with Gasteiger partial charge >= 0.3 is 0 Å². The van der Waals surface area contributed by atoms with Crippen LogP contribution in [0.2, 0.25) is 0 Å².